The average Bonchev–Trinajstić information content (AvgIpc) is 2.49. The van der Waals surface area contributed by atoms with Gasteiger partial charge in [0.15, 0.2) is 17.6 Å². The zero-order valence-electron chi connectivity index (χ0n) is 11.4. The summed E-state index contributed by atoms with van der Waals surface area (Å²) >= 11 is 0. The molecule has 1 aromatic carbocycles. The van der Waals surface area contributed by atoms with Crippen molar-refractivity contribution in [1.29, 1.82) is 0 Å². The largest absolute Gasteiger partial charge is 0.504 e. The summed E-state index contributed by atoms with van der Waals surface area (Å²) in [6.45, 7) is 0. The molecule has 1 aliphatic rings. The zero-order valence-corrected chi connectivity index (χ0v) is 11.4. The normalized spacial score (nSPS) is 30.7. The van der Waals surface area contributed by atoms with Gasteiger partial charge in [0, 0.05) is 0 Å². The van der Waals surface area contributed by atoms with Crippen molar-refractivity contribution < 1.29 is 49.7 Å². The number of hydrogen-bond acceptors (Lipinski definition) is 8. The molecule has 5 atom stereocenters. The van der Waals surface area contributed by atoms with Crippen molar-refractivity contribution in [3.8, 4) is 11.5 Å². The van der Waals surface area contributed by atoms with Crippen molar-refractivity contribution in [2.24, 2.45) is 0 Å². The molecule has 23 heavy (non-hydrogen) atoms. The number of carbonyl (C=O) groups is 2. The quantitative estimate of drug-likeness (QED) is 0.376. The van der Waals surface area contributed by atoms with Gasteiger partial charge in [-0.15, -0.1) is 0 Å². The molecule has 3 unspecified atom stereocenters. The summed E-state index contributed by atoms with van der Waals surface area (Å²) in [5, 5.41) is 56.4. The lowest BCUT2D eigenvalue weighted by atomic mass is 9.99. The van der Waals surface area contributed by atoms with Crippen LogP contribution in [0.25, 0.3) is 0 Å². The SMILES string of the molecule is O=C(O)c1ccc(O)c(O[C@@H]2OC(C(=O)O)[C@@H](O)C(O)C2O)c1. The lowest BCUT2D eigenvalue weighted by Gasteiger charge is -2.38. The highest BCUT2D eigenvalue weighted by molar-refractivity contribution is 5.88. The fourth-order valence-corrected chi connectivity index (χ4v) is 2.02. The van der Waals surface area contributed by atoms with E-state index in [0.717, 1.165) is 18.2 Å². The van der Waals surface area contributed by atoms with Crippen LogP contribution in [0, 0.1) is 0 Å². The molecule has 1 aliphatic heterocycles. The number of rotatable bonds is 4. The highest BCUT2D eigenvalue weighted by Crippen LogP contribution is 2.31. The minimum absolute atomic E-state index is 0.238. The molecule has 1 heterocycles. The Labute approximate surface area is 128 Å². The van der Waals surface area contributed by atoms with Gasteiger partial charge in [0.2, 0.25) is 6.29 Å². The van der Waals surface area contributed by atoms with Gasteiger partial charge >= 0.3 is 11.9 Å². The summed E-state index contributed by atoms with van der Waals surface area (Å²) in [7, 11) is 0. The molecule has 126 valence electrons. The third-order valence-electron chi connectivity index (χ3n) is 3.26. The van der Waals surface area contributed by atoms with Gasteiger partial charge in [0.05, 0.1) is 5.56 Å². The van der Waals surface area contributed by atoms with E-state index in [4.69, 9.17) is 19.7 Å². The first-order chi connectivity index (χ1) is 10.7. The summed E-state index contributed by atoms with van der Waals surface area (Å²) in [6.07, 6.45) is -9.21. The molecule has 2 rings (SSSR count). The Morgan fingerprint density at radius 3 is 2.26 bits per heavy atom. The van der Waals surface area contributed by atoms with Crippen LogP contribution in [-0.2, 0) is 9.53 Å². The third kappa shape index (κ3) is 3.35. The fourth-order valence-electron chi connectivity index (χ4n) is 2.02. The predicted molar refractivity (Wildman–Crippen MR) is 70.0 cm³/mol. The molecule has 0 radical (unpaired) electrons. The van der Waals surface area contributed by atoms with Crippen LogP contribution in [0.1, 0.15) is 10.4 Å². The van der Waals surface area contributed by atoms with E-state index in [2.05, 4.69) is 0 Å². The van der Waals surface area contributed by atoms with Crippen molar-refractivity contribution in [3.05, 3.63) is 23.8 Å². The molecule has 1 fully saturated rings. The first kappa shape index (κ1) is 17.0. The average molecular weight is 330 g/mol. The van der Waals surface area contributed by atoms with Gasteiger partial charge in [-0.3, -0.25) is 0 Å². The van der Waals surface area contributed by atoms with Gasteiger partial charge in [-0.25, -0.2) is 9.59 Å². The fraction of sp³-hybridized carbons (Fsp3) is 0.385. The molecular formula is C13H14O10. The molecule has 6 N–H and O–H groups in total. The van der Waals surface area contributed by atoms with Crippen LogP contribution in [0.2, 0.25) is 0 Å². The topological polar surface area (TPSA) is 174 Å². The smallest absolute Gasteiger partial charge is 0.335 e. The number of phenolic OH excluding ortho intramolecular Hbond substituents is 1. The maximum Gasteiger partial charge on any atom is 0.335 e. The Kier molecular flexibility index (Phi) is 4.71. The van der Waals surface area contributed by atoms with E-state index < -0.39 is 54.1 Å². The lowest BCUT2D eigenvalue weighted by molar-refractivity contribution is -0.271. The Bertz CT molecular complexity index is 615. The maximum atomic E-state index is 11.0. The Morgan fingerprint density at radius 1 is 1.04 bits per heavy atom. The van der Waals surface area contributed by atoms with Crippen LogP contribution in [0.15, 0.2) is 18.2 Å². The number of aromatic hydroxyl groups is 1. The first-order valence-electron chi connectivity index (χ1n) is 6.37. The van der Waals surface area contributed by atoms with E-state index in [-0.39, 0.29) is 5.56 Å². The summed E-state index contributed by atoms with van der Waals surface area (Å²) in [5.41, 5.74) is -0.238. The van der Waals surface area contributed by atoms with Crippen LogP contribution < -0.4 is 4.74 Å². The molecule has 0 saturated carbocycles. The Hall–Kier alpha value is -2.40. The summed E-state index contributed by atoms with van der Waals surface area (Å²) < 4.78 is 9.93. The molecule has 0 aliphatic carbocycles. The second-order valence-corrected chi connectivity index (χ2v) is 4.84. The molecule has 0 aromatic heterocycles. The lowest BCUT2D eigenvalue weighted by Crippen LogP contribution is -2.61. The monoisotopic (exact) mass is 330 g/mol. The van der Waals surface area contributed by atoms with Crippen LogP contribution in [0.3, 0.4) is 0 Å². The van der Waals surface area contributed by atoms with Crippen molar-refractivity contribution in [3.63, 3.8) is 0 Å². The van der Waals surface area contributed by atoms with E-state index in [0.29, 0.717) is 0 Å². The molecule has 0 bridgehead atoms. The number of ether oxygens (including phenoxy) is 2. The molecule has 10 heteroatoms. The van der Waals surface area contributed by atoms with Crippen LogP contribution >= 0.6 is 0 Å². The molecule has 1 saturated heterocycles. The summed E-state index contributed by atoms with van der Waals surface area (Å²) in [4.78, 5) is 21.9. The number of aliphatic hydroxyl groups is 3. The van der Waals surface area contributed by atoms with Gasteiger partial charge in [-0.1, -0.05) is 0 Å². The van der Waals surface area contributed by atoms with Crippen LogP contribution in [0.5, 0.6) is 11.5 Å². The van der Waals surface area contributed by atoms with Crippen molar-refractivity contribution in [2.75, 3.05) is 0 Å². The predicted octanol–water partition coefficient (Wildman–Crippen LogP) is -1.64. The standard InChI is InChI=1S/C13H14O10/c14-5-2-1-4(11(18)19)3-6(5)22-13-9(17)7(15)8(16)10(23-13)12(20)21/h1-3,7-10,13-17H,(H,18,19)(H,20,21)/t7?,8-,9?,10?,13+/m0/s1. The van der Waals surface area contributed by atoms with E-state index in [1.54, 1.807) is 0 Å². The molecule has 10 nitrogen and oxygen atoms in total. The van der Waals surface area contributed by atoms with Gasteiger partial charge in [0.1, 0.15) is 18.3 Å². The Morgan fingerprint density at radius 2 is 1.70 bits per heavy atom. The van der Waals surface area contributed by atoms with Crippen molar-refractivity contribution >= 4 is 11.9 Å². The highest BCUT2D eigenvalue weighted by Gasteiger charge is 2.48. The van der Waals surface area contributed by atoms with E-state index in [9.17, 15) is 30.0 Å². The van der Waals surface area contributed by atoms with Gasteiger partial charge < -0.3 is 40.1 Å². The number of carboxylic acids is 2. The molecular weight excluding hydrogens is 316 g/mol. The maximum absolute atomic E-state index is 11.0. The number of aliphatic hydroxyl groups excluding tert-OH is 3. The number of benzene rings is 1. The summed E-state index contributed by atoms with van der Waals surface area (Å²) in [6, 6.07) is 3.05. The first-order valence-corrected chi connectivity index (χ1v) is 6.37. The van der Waals surface area contributed by atoms with E-state index in [1.807, 2.05) is 0 Å². The molecule has 1 aromatic rings. The van der Waals surface area contributed by atoms with Gasteiger partial charge in [-0.2, -0.15) is 0 Å². The molecule has 0 spiro atoms. The number of hydrogen-bond donors (Lipinski definition) is 6. The molecule has 0 amide bonds. The number of aliphatic carboxylic acids is 1. The van der Waals surface area contributed by atoms with Gasteiger partial charge in [-0.05, 0) is 18.2 Å². The number of carboxylic acid groups (broad SMARTS) is 2. The third-order valence-corrected chi connectivity index (χ3v) is 3.26. The minimum Gasteiger partial charge on any atom is -0.504 e. The number of phenols is 1. The number of aromatic carboxylic acids is 1. The van der Waals surface area contributed by atoms with Crippen LogP contribution in [0.4, 0.5) is 0 Å². The second-order valence-electron chi connectivity index (χ2n) is 4.84. The van der Waals surface area contributed by atoms with Crippen molar-refractivity contribution in [2.45, 2.75) is 30.7 Å². The van der Waals surface area contributed by atoms with Crippen LogP contribution in [-0.4, -0.2) is 73.3 Å². The highest BCUT2D eigenvalue weighted by atomic mass is 16.7. The van der Waals surface area contributed by atoms with Crippen molar-refractivity contribution in [1.82, 2.24) is 0 Å². The second kappa shape index (κ2) is 6.38. The zero-order chi connectivity index (χ0) is 17.3. The van der Waals surface area contributed by atoms with E-state index in [1.165, 1.54) is 0 Å². The summed E-state index contributed by atoms with van der Waals surface area (Å²) in [5.74, 6) is -3.79. The van der Waals surface area contributed by atoms with E-state index >= 15 is 0 Å². The Balaban J connectivity index is 2.26. The minimum atomic E-state index is -1.89. The van der Waals surface area contributed by atoms with Gasteiger partial charge in [0.25, 0.3) is 0 Å².